The third-order valence-electron chi connectivity index (χ3n) is 6.21. The van der Waals surface area contributed by atoms with Crippen LogP contribution in [0.2, 0.25) is 0 Å². The lowest BCUT2D eigenvalue weighted by Gasteiger charge is -2.45. The van der Waals surface area contributed by atoms with E-state index in [0.717, 1.165) is 16.7 Å². The van der Waals surface area contributed by atoms with Gasteiger partial charge in [0.15, 0.2) is 0 Å². The molecule has 5 atom stereocenters. The van der Waals surface area contributed by atoms with Gasteiger partial charge >= 0.3 is 0 Å². The predicted molar refractivity (Wildman–Crippen MR) is 138 cm³/mol. The Bertz CT molecular complexity index is 999. The van der Waals surface area contributed by atoms with Crippen LogP contribution in [0, 0.1) is 0 Å². The number of hydrogen-bond donors (Lipinski definition) is 1. The minimum Gasteiger partial charge on any atom is -0.374 e. The Labute approximate surface area is 208 Å². The number of ether oxygens (including phenoxy) is 4. The fourth-order valence-corrected chi connectivity index (χ4v) is 4.35. The molecule has 1 aliphatic heterocycles. The van der Waals surface area contributed by atoms with Gasteiger partial charge in [-0.15, -0.1) is 6.58 Å². The quantitative estimate of drug-likeness (QED) is 0.373. The van der Waals surface area contributed by atoms with Gasteiger partial charge in [0.25, 0.3) is 0 Å². The van der Waals surface area contributed by atoms with E-state index in [0.29, 0.717) is 32.8 Å². The lowest BCUT2D eigenvalue weighted by atomic mass is 9.91. The molecule has 1 saturated heterocycles. The summed E-state index contributed by atoms with van der Waals surface area (Å²) in [5.74, 6) is 0. The average molecular weight is 474 g/mol. The van der Waals surface area contributed by atoms with E-state index < -0.39 is 0 Å². The molecule has 2 N–H and O–H groups in total. The van der Waals surface area contributed by atoms with Crippen LogP contribution in [0.25, 0.3) is 0 Å². The maximum atomic E-state index is 6.70. The normalized spacial score (nSPS) is 24.2. The van der Waals surface area contributed by atoms with Crippen molar-refractivity contribution in [1.29, 1.82) is 0 Å². The Morgan fingerprint density at radius 2 is 1.17 bits per heavy atom. The molecule has 0 saturated carbocycles. The SMILES string of the molecule is C=CC[C@H]1O[C@H](COCc2ccccc2)[C@@H](OCc2ccccc2)[C@H](OCc2ccccc2)[C@H]1N. The topological polar surface area (TPSA) is 62.9 Å². The van der Waals surface area contributed by atoms with Gasteiger partial charge in [0.1, 0.15) is 18.3 Å². The summed E-state index contributed by atoms with van der Waals surface area (Å²) in [6, 6.07) is 30.0. The molecule has 0 bridgehead atoms. The number of nitrogens with two attached hydrogens (primary N) is 1. The van der Waals surface area contributed by atoms with Crippen LogP contribution in [-0.2, 0) is 38.8 Å². The van der Waals surface area contributed by atoms with Gasteiger partial charge in [-0.1, -0.05) is 97.1 Å². The minimum atomic E-state index is -0.384. The zero-order chi connectivity index (χ0) is 24.3. The maximum Gasteiger partial charge on any atom is 0.114 e. The van der Waals surface area contributed by atoms with Crippen molar-refractivity contribution >= 4 is 0 Å². The lowest BCUT2D eigenvalue weighted by molar-refractivity contribution is -0.227. The second-order valence-electron chi connectivity index (χ2n) is 8.84. The van der Waals surface area contributed by atoms with Crippen molar-refractivity contribution in [2.75, 3.05) is 6.61 Å². The Balaban J connectivity index is 1.50. The van der Waals surface area contributed by atoms with Gasteiger partial charge in [-0.3, -0.25) is 0 Å². The van der Waals surface area contributed by atoms with Gasteiger partial charge < -0.3 is 24.7 Å². The Kier molecular flexibility index (Phi) is 9.64. The summed E-state index contributed by atoms with van der Waals surface area (Å²) in [6.45, 7) is 5.65. The minimum absolute atomic E-state index is 0.227. The van der Waals surface area contributed by atoms with E-state index in [9.17, 15) is 0 Å². The van der Waals surface area contributed by atoms with E-state index in [4.69, 9.17) is 24.7 Å². The van der Waals surface area contributed by atoms with Crippen LogP contribution in [0.1, 0.15) is 23.1 Å². The molecule has 35 heavy (non-hydrogen) atoms. The van der Waals surface area contributed by atoms with Crippen LogP contribution < -0.4 is 5.73 Å². The molecule has 5 nitrogen and oxygen atoms in total. The third kappa shape index (κ3) is 7.34. The third-order valence-corrected chi connectivity index (χ3v) is 6.21. The predicted octanol–water partition coefficient (Wildman–Crippen LogP) is 5.04. The Morgan fingerprint density at radius 3 is 1.69 bits per heavy atom. The van der Waals surface area contributed by atoms with E-state index in [-0.39, 0.29) is 30.5 Å². The van der Waals surface area contributed by atoms with Crippen molar-refractivity contribution in [3.63, 3.8) is 0 Å². The number of benzene rings is 3. The smallest absolute Gasteiger partial charge is 0.114 e. The molecule has 1 fully saturated rings. The van der Waals surface area contributed by atoms with Gasteiger partial charge in [0.05, 0.1) is 38.6 Å². The van der Waals surface area contributed by atoms with Gasteiger partial charge in [0.2, 0.25) is 0 Å². The molecule has 0 radical (unpaired) electrons. The molecular formula is C30H35NO4. The highest BCUT2D eigenvalue weighted by molar-refractivity contribution is 5.15. The largest absolute Gasteiger partial charge is 0.374 e. The van der Waals surface area contributed by atoms with Gasteiger partial charge in [0, 0.05) is 0 Å². The molecule has 0 aliphatic carbocycles. The Morgan fingerprint density at radius 1 is 0.686 bits per heavy atom. The van der Waals surface area contributed by atoms with E-state index in [1.807, 2.05) is 97.1 Å². The molecular weight excluding hydrogens is 438 g/mol. The van der Waals surface area contributed by atoms with Crippen molar-refractivity contribution in [3.05, 3.63) is 120 Å². The number of hydrogen-bond acceptors (Lipinski definition) is 5. The molecule has 0 aromatic heterocycles. The van der Waals surface area contributed by atoms with Gasteiger partial charge in [-0.25, -0.2) is 0 Å². The summed E-state index contributed by atoms with van der Waals surface area (Å²) < 4.78 is 25.4. The standard InChI is InChI=1S/C30H35NO4/c1-2-12-26-28(31)30(34-21-25-17-10-5-11-18-25)29(33-20-24-15-8-4-9-16-24)27(35-26)22-32-19-23-13-6-3-7-14-23/h2-11,13-18,26-30H,1,12,19-22,31H2/t26-,27-,28+,29-,30-/m1/s1. The molecule has 3 aromatic rings. The molecule has 184 valence electrons. The zero-order valence-corrected chi connectivity index (χ0v) is 20.1. The summed E-state index contributed by atoms with van der Waals surface area (Å²) in [7, 11) is 0. The fourth-order valence-electron chi connectivity index (χ4n) is 4.35. The first-order valence-electron chi connectivity index (χ1n) is 12.2. The molecule has 0 amide bonds. The summed E-state index contributed by atoms with van der Waals surface area (Å²) in [5, 5.41) is 0. The van der Waals surface area contributed by atoms with E-state index in [1.165, 1.54) is 0 Å². The van der Waals surface area contributed by atoms with Crippen LogP contribution in [0.4, 0.5) is 0 Å². The van der Waals surface area contributed by atoms with Crippen molar-refractivity contribution in [2.45, 2.75) is 56.7 Å². The molecule has 4 rings (SSSR count). The highest BCUT2D eigenvalue weighted by Gasteiger charge is 2.45. The highest BCUT2D eigenvalue weighted by Crippen LogP contribution is 2.29. The number of rotatable bonds is 12. The highest BCUT2D eigenvalue weighted by atomic mass is 16.6. The van der Waals surface area contributed by atoms with Crippen LogP contribution >= 0.6 is 0 Å². The maximum absolute atomic E-state index is 6.70. The van der Waals surface area contributed by atoms with Crippen molar-refractivity contribution in [1.82, 2.24) is 0 Å². The summed E-state index contributed by atoms with van der Waals surface area (Å²) in [5.41, 5.74) is 9.98. The second kappa shape index (κ2) is 13.3. The molecule has 1 aliphatic rings. The van der Waals surface area contributed by atoms with Crippen LogP contribution in [0.3, 0.4) is 0 Å². The van der Waals surface area contributed by atoms with Gasteiger partial charge in [-0.05, 0) is 23.1 Å². The fraction of sp³-hybridized carbons (Fsp3) is 0.333. The first kappa shape index (κ1) is 25.3. The molecule has 1 heterocycles. The van der Waals surface area contributed by atoms with Crippen molar-refractivity contribution in [3.8, 4) is 0 Å². The summed E-state index contributed by atoms with van der Waals surface area (Å²) >= 11 is 0. The van der Waals surface area contributed by atoms with Crippen molar-refractivity contribution in [2.24, 2.45) is 5.73 Å². The van der Waals surface area contributed by atoms with E-state index in [1.54, 1.807) is 0 Å². The first-order valence-corrected chi connectivity index (χ1v) is 12.2. The molecule has 3 aromatic carbocycles. The van der Waals surface area contributed by atoms with Crippen LogP contribution in [0.15, 0.2) is 104 Å². The molecule has 5 heteroatoms. The van der Waals surface area contributed by atoms with E-state index in [2.05, 4.69) is 6.58 Å². The first-order chi connectivity index (χ1) is 17.2. The lowest BCUT2D eigenvalue weighted by Crippen LogP contribution is -2.63. The Hall–Kier alpha value is -2.80. The molecule has 0 unspecified atom stereocenters. The van der Waals surface area contributed by atoms with Crippen LogP contribution in [0.5, 0.6) is 0 Å². The molecule has 0 spiro atoms. The second-order valence-corrected chi connectivity index (χ2v) is 8.84. The van der Waals surface area contributed by atoms with Crippen LogP contribution in [-0.4, -0.2) is 37.1 Å². The van der Waals surface area contributed by atoms with E-state index >= 15 is 0 Å². The zero-order valence-electron chi connectivity index (χ0n) is 20.1. The van der Waals surface area contributed by atoms with Gasteiger partial charge in [-0.2, -0.15) is 0 Å². The average Bonchev–Trinajstić information content (AvgIpc) is 2.90. The monoisotopic (exact) mass is 473 g/mol. The van der Waals surface area contributed by atoms with Crippen molar-refractivity contribution < 1.29 is 18.9 Å². The summed E-state index contributed by atoms with van der Waals surface area (Å²) in [6.07, 6.45) is 1.18. The summed E-state index contributed by atoms with van der Waals surface area (Å²) in [4.78, 5) is 0.